The second-order valence-corrected chi connectivity index (χ2v) is 9.03. The lowest BCUT2D eigenvalue weighted by Gasteiger charge is -2.33. The number of amides is 1. The van der Waals surface area contributed by atoms with Crippen molar-refractivity contribution in [2.45, 2.75) is 44.4 Å². The van der Waals surface area contributed by atoms with E-state index < -0.39 is 23.8 Å². The third-order valence-corrected chi connectivity index (χ3v) is 6.87. The first-order valence-corrected chi connectivity index (χ1v) is 11.5. The van der Waals surface area contributed by atoms with Crippen LogP contribution in [0.2, 0.25) is 0 Å². The number of aryl methyl sites for hydroxylation is 1. The topological polar surface area (TPSA) is 117 Å². The van der Waals surface area contributed by atoms with Crippen LogP contribution in [0, 0.1) is 5.82 Å². The van der Waals surface area contributed by atoms with Gasteiger partial charge in [0.1, 0.15) is 17.2 Å². The molecule has 2 aliphatic rings. The Morgan fingerprint density at radius 3 is 2.67 bits per heavy atom. The number of carbonyl (C=O) groups is 1. The number of carbonyl (C=O) groups excluding carboxylic acids is 1. The van der Waals surface area contributed by atoms with Crippen LogP contribution < -0.4 is 10.5 Å². The molecule has 8 nitrogen and oxygen atoms in total. The monoisotopic (exact) mass is 505 g/mol. The maximum absolute atomic E-state index is 15.1. The Balaban J connectivity index is 1.35. The van der Waals surface area contributed by atoms with Crippen LogP contribution in [0.1, 0.15) is 52.4 Å². The number of nitrogens with two attached hydrogens (primary N) is 1. The van der Waals surface area contributed by atoms with Crippen LogP contribution in [0.5, 0.6) is 5.75 Å². The molecule has 5 rings (SSSR count). The molecule has 12 heteroatoms. The van der Waals surface area contributed by atoms with Crippen molar-refractivity contribution in [2.75, 3.05) is 18.8 Å². The molecular formula is C24H23F4N5O3. The average Bonchev–Trinajstić information content (AvgIpc) is 3.20. The SMILES string of the molecule is Nc1cc(OC(F)(F)F)ccc1C(=O)N1CCC(c2c(F)cnc3[nH]c4c(c23)CC/C(=N\O)C4)CC1. The lowest BCUT2D eigenvalue weighted by Crippen LogP contribution is -2.38. The van der Waals surface area contributed by atoms with Crippen molar-refractivity contribution in [2.24, 2.45) is 5.16 Å². The molecule has 0 bridgehead atoms. The quantitative estimate of drug-likeness (QED) is 0.209. The van der Waals surface area contributed by atoms with Gasteiger partial charge in [-0.15, -0.1) is 13.2 Å². The molecule has 0 radical (unpaired) electrons. The summed E-state index contributed by atoms with van der Waals surface area (Å²) in [7, 11) is 0. The molecule has 1 fully saturated rings. The summed E-state index contributed by atoms with van der Waals surface area (Å²) in [4.78, 5) is 22.0. The summed E-state index contributed by atoms with van der Waals surface area (Å²) in [5.74, 6) is -1.45. The third-order valence-electron chi connectivity index (χ3n) is 6.87. The average molecular weight is 505 g/mol. The molecule has 1 aromatic carbocycles. The van der Waals surface area contributed by atoms with Crippen molar-refractivity contribution in [3.8, 4) is 5.75 Å². The van der Waals surface area contributed by atoms with Gasteiger partial charge < -0.3 is 25.6 Å². The molecule has 0 atom stereocenters. The molecule has 1 aliphatic heterocycles. The number of fused-ring (bicyclic) bond motifs is 3. The van der Waals surface area contributed by atoms with E-state index in [-0.39, 0.29) is 17.2 Å². The van der Waals surface area contributed by atoms with E-state index >= 15 is 4.39 Å². The number of nitrogens with one attached hydrogen (secondary N) is 1. The Morgan fingerprint density at radius 1 is 1.25 bits per heavy atom. The van der Waals surface area contributed by atoms with Crippen LogP contribution in [0.25, 0.3) is 11.0 Å². The number of aromatic nitrogens is 2. The highest BCUT2D eigenvalue weighted by atomic mass is 19.4. The summed E-state index contributed by atoms with van der Waals surface area (Å²) < 4.78 is 56.3. The van der Waals surface area contributed by atoms with E-state index in [9.17, 15) is 18.0 Å². The summed E-state index contributed by atoms with van der Waals surface area (Å²) in [5.41, 5.74) is 9.47. The van der Waals surface area contributed by atoms with Gasteiger partial charge in [-0.25, -0.2) is 9.37 Å². The van der Waals surface area contributed by atoms with Crippen molar-refractivity contribution in [3.63, 3.8) is 0 Å². The number of rotatable bonds is 3. The number of nitrogen functional groups attached to an aromatic ring is 1. The van der Waals surface area contributed by atoms with E-state index in [1.165, 1.54) is 12.3 Å². The number of piperidine rings is 1. The van der Waals surface area contributed by atoms with E-state index in [0.29, 0.717) is 62.1 Å². The summed E-state index contributed by atoms with van der Waals surface area (Å²) >= 11 is 0. The molecule has 2 aromatic heterocycles. The van der Waals surface area contributed by atoms with Gasteiger partial charge in [0.05, 0.1) is 17.5 Å². The first kappa shape index (κ1) is 23.9. The number of hydrogen-bond acceptors (Lipinski definition) is 6. The summed E-state index contributed by atoms with van der Waals surface area (Å²) in [5, 5.41) is 13.2. The fraction of sp³-hybridized carbons (Fsp3) is 0.375. The van der Waals surface area contributed by atoms with Crippen LogP contribution in [0.4, 0.5) is 23.2 Å². The minimum atomic E-state index is -4.86. The molecule has 0 saturated carbocycles. The van der Waals surface area contributed by atoms with Crippen LogP contribution in [0.15, 0.2) is 29.6 Å². The zero-order chi connectivity index (χ0) is 25.6. The lowest BCUT2D eigenvalue weighted by molar-refractivity contribution is -0.274. The van der Waals surface area contributed by atoms with E-state index in [4.69, 9.17) is 10.9 Å². The molecule has 3 aromatic rings. The fourth-order valence-corrected chi connectivity index (χ4v) is 5.22. The molecule has 36 heavy (non-hydrogen) atoms. The van der Waals surface area contributed by atoms with Gasteiger partial charge in [0.2, 0.25) is 0 Å². The number of hydrogen-bond donors (Lipinski definition) is 3. The Morgan fingerprint density at radius 2 is 2.00 bits per heavy atom. The molecule has 1 aliphatic carbocycles. The van der Waals surface area contributed by atoms with Gasteiger partial charge >= 0.3 is 6.36 Å². The Bertz CT molecular complexity index is 1360. The van der Waals surface area contributed by atoms with Crippen molar-refractivity contribution in [1.82, 2.24) is 14.9 Å². The number of nitrogens with zero attached hydrogens (tertiary/aromatic N) is 3. The maximum Gasteiger partial charge on any atom is 0.573 e. The number of H-pyrrole nitrogens is 1. The predicted octanol–water partition coefficient (Wildman–Crippen LogP) is 4.52. The van der Waals surface area contributed by atoms with Crippen LogP contribution in [-0.4, -0.2) is 51.1 Å². The summed E-state index contributed by atoms with van der Waals surface area (Å²) in [6.07, 6.45) is -1.03. The molecule has 0 unspecified atom stereocenters. The standard InChI is InChI=1S/C24H23F4N5O3/c25-17-11-30-22-21(16-3-1-13(32-35)9-19(16)31-22)20(17)12-5-7-33(8-6-12)23(34)15-4-2-14(10-18(15)29)36-24(26,27)28/h2,4,10-12,35H,1,3,5-9,29H2,(H,30,31)/b32-13+. The fourth-order valence-electron chi connectivity index (χ4n) is 5.22. The normalized spacial score (nSPS) is 18.0. The molecule has 1 amide bonds. The van der Waals surface area contributed by atoms with Gasteiger partial charge in [-0.2, -0.15) is 0 Å². The second-order valence-electron chi connectivity index (χ2n) is 9.03. The number of benzene rings is 1. The van der Waals surface area contributed by atoms with Crippen LogP contribution >= 0.6 is 0 Å². The molecular weight excluding hydrogens is 482 g/mol. The van der Waals surface area contributed by atoms with Crippen molar-refractivity contribution >= 4 is 28.3 Å². The maximum atomic E-state index is 15.1. The van der Waals surface area contributed by atoms with Crippen molar-refractivity contribution in [1.29, 1.82) is 0 Å². The summed E-state index contributed by atoms with van der Waals surface area (Å²) in [6, 6.07) is 3.24. The molecule has 4 N–H and O–H groups in total. The Hall–Kier alpha value is -3.83. The van der Waals surface area contributed by atoms with Gasteiger partial charge in [0.15, 0.2) is 0 Å². The van der Waals surface area contributed by atoms with Crippen molar-refractivity contribution < 1.29 is 32.3 Å². The van der Waals surface area contributed by atoms with Gasteiger partial charge in [-0.05, 0) is 49.3 Å². The number of aromatic amines is 1. The second kappa shape index (κ2) is 8.99. The number of likely N-dealkylation sites (tertiary alicyclic amines) is 1. The van der Waals surface area contributed by atoms with E-state index in [1.54, 1.807) is 4.90 Å². The Labute approximate surface area is 202 Å². The van der Waals surface area contributed by atoms with Gasteiger partial charge in [0, 0.05) is 47.9 Å². The zero-order valence-corrected chi connectivity index (χ0v) is 19.0. The van der Waals surface area contributed by atoms with Crippen LogP contribution in [-0.2, 0) is 12.8 Å². The van der Waals surface area contributed by atoms with E-state index in [1.807, 2.05) is 0 Å². The highest BCUT2D eigenvalue weighted by Gasteiger charge is 2.33. The molecule has 190 valence electrons. The molecule has 3 heterocycles. The number of oxime groups is 1. The molecule has 0 spiro atoms. The number of halogens is 4. The largest absolute Gasteiger partial charge is 0.573 e. The first-order valence-electron chi connectivity index (χ1n) is 11.5. The van der Waals surface area contributed by atoms with Crippen molar-refractivity contribution in [3.05, 3.63) is 52.6 Å². The highest BCUT2D eigenvalue weighted by Crippen LogP contribution is 2.39. The van der Waals surface area contributed by atoms with E-state index in [2.05, 4.69) is 19.9 Å². The number of ether oxygens (including phenoxy) is 1. The minimum Gasteiger partial charge on any atom is -0.411 e. The zero-order valence-electron chi connectivity index (χ0n) is 19.0. The number of alkyl halides is 3. The smallest absolute Gasteiger partial charge is 0.411 e. The lowest BCUT2D eigenvalue weighted by atomic mass is 9.84. The minimum absolute atomic E-state index is 0.0847. The van der Waals surface area contributed by atoms with Gasteiger partial charge in [0.25, 0.3) is 5.91 Å². The first-order chi connectivity index (χ1) is 17.1. The number of anilines is 1. The number of pyridine rings is 1. The van der Waals surface area contributed by atoms with Crippen LogP contribution in [0.3, 0.4) is 0 Å². The van der Waals surface area contributed by atoms with Gasteiger partial charge in [-0.3, -0.25) is 4.79 Å². The third kappa shape index (κ3) is 4.42. The highest BCUT2D eigenvalue weighted by molar-refractivity contribution is 5.99. The summed E-state index contributed by atoms with van der Waals surface area (Å²) in [6.45, 7) is 0.669. The predicted molar refractivity (Wildman–Crippen MR) is 123 cm³/mol. The van der Waals surface area contributed by atoms with Gasteiger partial charge in [-0.1, -0.05) is 5.16 Å². The molecule has 1 saturated heterocycles. The van der Waals surface area contributed by atoms with E-state index in [0.717, 1.165) is 28.8 Å². The Kier molecular flexibility index (Phi) is 5.97.